The third kappa shape index (κ3) is 5.71. The van der Waals surface area contributed by atoms with Gasteiger partial charge < -0.3 is 15.4 Å². The van der Waals surface area contributed by atoms with Gasteiger partial charge in [0.15, 0.2) is 0 Å². The topological polar surface area (TPSA) is 70.7 Å². The van der Waals surface area contributed by atoms with E-state index in [0.29, 0.717) is 6.54 Å². The number of rotatable bonds is 8. The molecule has 1 heterocycles. The molecule has 1 saturated carbocycles. The first-order valence-corrected chi connectivity index (χ1v) is 10.6. The Morgan fingerprint density at radius 1 is 1.04 bits per heavy atom. The Balaban J connectivity index is 1.50. The minimum absolute atomic E-state index is 0.0288. The van der Waals surface area contributed by atoms with Crippen LogP contribution in [0.25, 0.3) is 0 Å². The van der Waals surface area contributed by atoms with Crippen molar-refractivity contribution in [3.63, 3.8) is 0 Å². The van der Waals surface area contributed by atoms with Crippen LogP contribution in [0.2, 0.25) is 0 Å². The van der Waals surface area contributed by atoms with Crippen LogP contribution in [0.15, 0.2) is 24.3 Å². The zero-order valence-corrected chi connectivity index (χ0v) is 16.9. The van der Waals surface area contributed by atoms with Crippen LogP contribution in [0.4, 0.5) is 0 Å². The molecule has 2 N–H and O–H groups in total. The number of benzene rings is 1. The Morgan fingerprint density at radius 2 is 1.71 bits per heavy atom. The molecule has 1 atom stereocenters. The van der Waals surface area contributed by atoms with Gasteiger partial charge in [-0.15, -0.1) is 0 Å². The lowest BCUT2D eigenvalue weighted by atomic mass is 9.89. The highest BCUT2D eigenvalue weighted by atomic mass is 16.5. The monoisotopic (exact) mass is 387 g/mol. The van der Waals surface area contributed by atoms with Gasteiger partial charge in [-0.2, -0.15) is 0 Å². The summed E-state index contributed by atoms with van der Waals surface area (Å²) < 4.78 is 5.25. The summed E-state index contributed by atoms with van der Waals surface area (Å²) >= 11 is 0. The molecule has 0 aromatic heterocycles. The fourth-order valence-corrected chi connectivity index (χ4v) is 4.29. The van der Waals surface area contributed by atoms with E-state index in [0.717, 1.165) is 44.5 Å². The number of hydrogen-bond acceptors (Lipinski definition) is 4. The third-order valence-electron chi connectivity index (χ3n) is 5.97. The highest BCUT2D eigenvalue weighted by molar-refractivity contribution is 5.85. The minimum atomic E-state index is -0.123. The Hall–Kier alpha value is -2.08. The highest BCUT2D eigenvalue weighted by Crippen LogP contribution is 2.26. The SMILES string of the molecule is COc1ccc(C(CNC(=O)CNC(=O)C2CCCCC2)N2CCCC2)cc1. The van der Waals surface area contributed by atoms with Crippen molar-refractivity contribution < 1.29 is 14.3 Å². The van der Waals surface area contributed by atoms with E-state index in [-0.39, 0.29) is 30.3 Å². The summed E-state index contributed by atoms with van der Waals surface area (Å²) in [5.41, 5.74) is 1.18. The van der Waals surface area contributed by atoms with Gasteiger partial charge in [-0.05, 0) is 56.5 Å². The quantitative estimate of drug-likeness (QED) is 0.719. The van der Waals surface area contributed by atoms with E-state index < -0.39 is 0 Å². The van der Waals surface area contributed by atoms with E-state index in [4.69, 9.17) is 4.74 Å². The van der Waals surface area contributed by atoms with Crippen molar-refractivity contribution in [2.24, 2.45) is 5.92 Å². The molecule has 0 radical (unpaired) electrons. The van der Waals surface area contributed by atoms with Crippen LogP contribution in [0, 0.1) is 5.92 Å². The van der Waals surface area contributed by atoms with Crippen LogP contribution in [0.3, 0.4) is 0 Å². The molecule has 1 saturated heterocycles. The number of amides is 2. The molecule has 1 aliphatic carbocycles. The number of carbonyl (C=O) groups excluding carboxylic acids is 2. The van der Waals surface area contributed by atoms with Crippen LogP contribution in [-0.4, -0.2) is 50.0 Å². The second-order valence-electron chi connectivity index (χ2n) is 7.89. The maximum absolute atomic E-state index is 12.3. The van der Waals surface area contributed by atoms with Crippen LogP contribution in [-0.2, 0) is 9.59 Å². The Labute approximate surface area is 168 Å². The summed E-state index contributed by atoms with van der Waals surface area (Å²) in [6.45, 7) is 2.70. The maximum atomic E-state index is 12.3. The average Bonchev–Trinajstić information content (AvgIpc) is 3.28. The number of nitrogens with zero attached hydrogens (tertiary/aromatic N) is 1. The molecule has 1 aromatic rings. The molecule has 1 aromatic carbocycles. The molecule has 2 aliphatic rings. The second-order valence-corrected chi connectivity index (χ2v) is 7.89. The van der Waals surface area contributed by atoms with E-state index in [9.17, 15) is 9.59 Å². The summed E-state index contributed by atoms with van der Waals surface area (Å²) in [5.74, 6) is 0.819. The zero-order chi connectivity index (χ0) is 19.8. The van der Waals surface area contributed by atoms with Crippen molar-refractivity contribution in [3.05, 3.63) is 29.8 Å². The molecule has 2 amide bonds. The van der Waals surface area contributed by atoms with E-state index >= 15 is 0 Å². The first kappa shape index (κ1) is 20.6. The second kappa shape index (κ2) is 10.5. The van der Waals surface area contributed by atoms with Crippen molar-refractivity contribution in [1.82, 2.24) is 15.5 Å². The normalized spacial score (nSPS) is 19.2. The number of carbonyl (C=O) groups is 2. The molecule has 6 heteroatoms. The van der Waals surface area contributed by atoms with Crippen LogP contribution in [0.1, 0.15) is 56.6 Å². The van der Waals surface area contributed by atoms with Gasteiger partial charge in [0.1, 0.15) is 5.75 Å². The van der Waals surface area contributed by atoms with Gasteiger partial charge in [0.25, 0.3) is 0 Å². The summed E-state index contributed by atoms with van der Waals surface area (Å²) in [5, 5.41) is 5.84. The summed E-state index contributed by atoms with van der Waals surface area (Å²) in [6.07, 6.45) is 7.72. The van der Waals surface area contributed by atoms with E-state index in [2.05, 4.69) is 27.7 Å². The first-order valence-electron chi connectivity index (χ1n) is 10.6. The van der Waals surface area contributed by atoms with Crippen LogP contribution in [0.5, 0.6) is 5.75 Å². The zero-order valence-electron chi connectivity index (χ0n) is 16.9. The molecule has 1 unspecified atom stereocenters. The first-order chi connectivity index (χ1) is 13.7. The number of likely N-dealkylation sites (tertiary alicyclic amines) is 1. The van der Waals surface area contributed by atoms with Crippen molar-refractivity contribution in [2.45, 2.75) is 51.0 Å². The van der Waals surface area contributed by atoms with Crippen molar-refractivity contribution in [3.8, 4) is 5.75 Å². The number of hydrogen-bond donors (Lipinski definition) is 2. The van der Waals surface area contributed by atoms with Gasteiger partial charge in [0.05, 0.1) is 19.7 Å². The standard InChI is InChI=1S/C22H33N3O3/c1-28-19-11-9-17(10-12-19)20(25-13-5-6-14-25)15-23-21(26)16-24-22(27)18-7-3-2-4-8-18/h9-12,18,20H,2-8,13-16H2,1H3,(H,23,26)(H,24,27). The molecule has 3 rings (SSSR count). The number of methoxy groups -OCH3 is 1. The highest BCUT2D eigenvalue weighted by Gasteiger charge is 2.25. The van der Waals surface area contributed by atoms with Crippen molar-refractivity contribution in [1.29, 1.82) is 0 Å². The molecular formula is C22H33N3O3. The third-order valence-corrected chi connectivity index (χ3v) is 5.97. The van der Waals surface area contributed by atoms with Gasteiger partial charge in [0, 0.05) is 12.5 Å². The molecule has 1 aliphatic heterocycles. The largest absolute Gasteiger partial charge is 0.497 e. The Bertz CT molecular complexity index is 635. The Morgan fingerprint density at radius 3 is 2.36 bits per heavy atom. The summed E-state index contributed by atoms with van der Waals surface area (Å²) in [7, 11) is 1.66. The van der Waals surface area contributed by atoms with Gasteiger partial charge in [-0.3, -0.25) is 14.5 Å². The van der Waals surface area contributed by atoms with E-state index in [1.807, 2.05) is 12.1 Å². The van der Waals surface area contributed by atoms with Gasteiger partial charge in [0.2, 0.25) is 11.8 Å². The fourth-order valence-electron chi connectivity index (χ4n) is 4.29. The summed E-state index contributed by atoms with van der Waals surface area (Å²) in [6, 6.07) is 8.21. The summed E-state index contributed by atoms with van der Waals surface area (Å²) in [4.78, 5) is 27.0. The van der Waals surface area contributed by atoms with E-state index in [1.54, 1.807) is 7.11 Å². The minimum Gasteiger partial charge on any atom is -0.497 e. The fraction of sp³-hybridized carbons (Fsp3) is 0.636. The molecule has 154 valence electrons. The maximum Gasteiger partial charge on any atom is 0.239 e. The lowest BCUT2D eigenvalue weighted by Crippen LogP contribution is -2.43. The molecule has 2 fully saturated rings. The van der Waals surface area contributed by atoms with Gasteiger partial charge >= 0.3 is 0 Å². The molecule has 0 spiro atoms. The number of ether oxygens (including phenoxy) is 1. The lowest BCUT2D eigenvalue weighted by molar-refractivity contribution is -0.129. The average molecular weight is 388 g/mol. The predicted molar refractivity (Wildman–Crippen MR) is 109 cm³/mol. The van der Waals surface area contributed by atoms with Crippen LogP contribution < -0.4 is 15.4 Å². The van der Waals surface area contributed by atoms with Gasteiger partial charge in [-0.1, -0.05) is 31.4 Å². The van der Waals surface area contributed by atoms with Crippen LogP contribution >= 0.6 is 0 Å². The lowest BCUT2D eigenvalue weighted by Gasteiger charge is -2.28. The van der Waals surface area contributed by atoms with Crippen molar-refractivity contribution >= 4 is 11.8 Å². The van der Waals surface area contributed by atoms with E-state index in [1.165, 1.54) is 24.8 Å². The molecule has 0 bridgehead atoms. The number of nitrogens with one attached hydrogen (secondary N) is 2. The smallest absolute Gasteiger partial charge is 0.239 e. The molecule has 6 nitrogen and oxygen atoms in total. The molecular weight excluding hydrogens is 354 g/mol. The van der Waals surface area contributed by atoms with Crippen molar-refractivity contribution in [2.75, 3.05) is 33.3 Å². The predicted octanol–water partition coefficient (Wildman–Crippen LogP) is 2.64. The van der Waals surface area contributed by atoms with Gasteiger partial charge in [-0.25, -0.2) is 0 Å². The molecule has 28 heavy (non-hydrogen) atoms. The Kier molecular flexibility index (Phi) is 7.71.